The monoisotopic (exact) mass is 289 g/mol. The Morgan fingerprint density at radius 1 is 1.35 bits per heavy atom. The summed E-state index contributed by atoms with van der Waals surface area (Å²) >= 11 is 1.61. The van der Waals surface area contributed by atoms with Crippen LogP contribution in [0.15, 0.2) is 35.7 Å². The highest BCUT2D eigenvalue weighted by Crippen LogP contribution is 2.19. The molecular weight excluding hydrogens is 270 g/mol. The van der Waals surface area contributed by atoms with Gasteiger partial charge in [0.25, 0.3) is 0 Å². The summed E-state index contributed by atoms with van der Waals surface area (Å²) in [5.41, 5.74) is 2.18. The van der Waals surface area contributed by atoms with Gasteiger partial charge in [-0.1, -0.05) is 18.2 Å². The molecule has 0 fully saturated rings. The van der Waals surface area contributed by atoms with E-state index in [1.807, 2.05) is 43.5 Å². The number of hydrogen-bond acceptors (Lipinski definition) is 3. The molecule has 0 aliphatic carbocycles. The number of benzene rings is 1. The topological polar surface area (TPSA) is 38.3 Å². The van der Waals surface area contributed by atoms with Gasteiger partial charge in [-0.05, 0) is 42.5 Å². The fourth-order valence-electron chi connectivity index (χ4n) is 1.97. The number of hydrogen-bond donors (Lipinski definition) is 1. The summed E-state index contributed by atoms with van der Waals surface area (Å²) in [5, 5.41) is 4.93. The highest BCUT2D eigenvalue weighted by Gasteiger charge is 2.05. The van der Waals surface area contributed by atoms with Crippen LogP contribution in [-0.4, -0.2) is 12.5 Å². The zero-order valence-corrected chi connectivity index (χ0v) is 12.6. The van der Waals surface area contributed by atoms with Crippen molar-refractivity contribution in [3.63, 3.8) is 0 Å². The van der Waals surface area contributed by atoms with E-state index in [0.717, 1.165) is 21.8 Å². The van der Waals surface area contributed by atoms with Crippen LogP contribution >= 0.6 is 11.3 Å². The maximum absolute atomic E-state index is 11.8. The standard InChI is InChI=1S/C16H19NO2S/c1-3-19-15-7-6-13(9-12(15)2)11-17-16(18)10-14-5-4-8-20-14/h4-9H,3,10-11H2,1-2H3,(H,17,18). The summed E-state index contributed by atoms with van der Waals surface area (Å²) < 4.78 is 5.50. The second-order valence-corrected chi connectivity index (χ2v) is 5.60. The molecule has 20 heavy (non-hydrogen) atoms. The van der Waals surface area contributed by atoms with Crippen molar-refractivity contribution in [1.82, 2.24) is 5.32 Å². The molecule has 1 N–H and O–H groups in total. The van der Waals surface area contributed by atoms with Crippen LogP contribution in [0.25, 0.3) is 0 Å². The molecular formula is C16H19NO2S. The Hall–Kier alpha value is -1.81. The van der Waals surface area contributed by atoms with Crippen LogP contribution in [-0.2, 0) is 17.8 Å². The van der Waals surface area contributed by atoms with Gasteiger partial charge in [0.2, 0.25) is 5.91 Å². The number of carbonyl (C=O) groups excluding carboxylic acids is 1. The number of nitrogens with one attached hydrogen (secondary N) is 1. The first-order valence-electron chi connectivity index (χ1n) is 6.70. The van der Waals surface area contributed by atoms with Gasteiger partial charge in [0.05, 0.1) is 13.0 Å². The summed E-state index contributed by atoms with van der Waals surface area (Å²) in [6, 6.07) is 9.94. The van der Waals surface area contributed by atoms with E-state index < -0.39 is 0 Å². The third-order valence-electron chi connectivity index (χ3n) is 2.94. The number of aryl methyl sites for hydroxylation is 1. The minimum absolute atomic E-state index is 0.0546. The maximum Gasteiger partial charge on any atom is 0.225 e. The lowest BCUT2D eigenvalue weighted by atomic mass is 10.1. The van der Waals surface area contributed by atoms with Crippen LogP contribution in [0.5, 0.6) is 5.75 Å². The Balaban J connectivity index is 1.87. The fourth-order valence-corrected chi connectivity index (χ4v) is 2.68. The molecule has 1 aromatic carbocycles. The highest BCUT2D eigenvalue weighted by atomic mass is 32.1. The molecule has 0 bridgehead atoms. The van der Waals surface area contributed by atoms with Gasteiger partial charge in [0.15, 0.2) is 0 Å². The second kappa shape index (κ2) is 7.10. The van der Waals surface area contributed by atoms with Crippen molar-refractivity contribution in [3.8, 4) is 5.75 Å². The van der Waals surface area contributed by atoms with Crippen molar-refractivity contribution in [2.45, 2.75) is 26.8 Å². The summed E-state index contributed by atoms with van der Waals surface area (Å²) in [5.74, 6) is 0.958. The molecule has 106 valence electrons. The predicted molar refractivity (Wildman–Crippen MR) is 82.2 cm³/mol. The van der Waals surface area contributed by atoms with Crippen LogP contribution < -0.4 is 10.1 Å². The van der Waals surface area contributed by atoms with E-state index in [1.165, 1.54) is 0 Å². The van der Waals surface area contributed by atoms with Crippen LogP contribution in [0.3, 0.4) is 0 Å². The lowest BCUT2D eigenvalue weighted by Gasteiger charge is -2.10. The quantitative estimate of drug-likeness (QED) is 0.886. The highest BCUT2D eigenvalue weighted by molar-refractivity contribution is 7.10. The Morgan fingerprint density at radius 3 is 2.85 bits per heavy atom. The van der Waals surface area contributed by atoms with E-state index >= 15 is 0 Å². The van der Waals surface area contributed by atoms with Gasteiger partial charge in [0.1, 0.15) is 5.75 Å². The lowest BCUT2D eigenvalue weighted by Crippen LogP contribution is -2.24. The molecule has 3 nitrogen and oxygen atoms in total. The largest absolute Gasteiger partial charge is 0.494 e. The van der Waals surface area contributed by atoms with Crippen LogP contribution in [0, 0.1) is 6.92 Å². The third-order valence-corrected chi connectivity index (χ3v) is 3.82. The summed E-state index contributed by atoms with van der Waals surface area (Å²) in [6.45, 7) is 5.20. The van der Waals surface area contributed by atoms with E-state index in [1.54, 1.807) is 11.3 Å². The van der Waals surface area contributed by atoms with Gasteiger partial charge in [-0.2, -0.15) is 0 Å². The zero-order valence-electron chi connectivity index (χ0n) is 11.8. The Kier molecular flexibility index (Phi) is 5.18. The Morgan fingerprint density at radius 2 is 2.20 bits per heavy atom. The van der Waals surface area contributed by atoms with Gasteiger partial charge in [-0.25, -0.2) is 0 Å². The van der Waals surface area contributed by atoms with E-state index in [9.17, 15) is 4.79 Å². The van der Waals surface area contributed by atoms with Gasteiger partial charge >= 0.3 is 0 Å². The zero-order chi connectivity index (χ0) is 14.4. The SMILES string of the molecule is CCOc1ccc(CNC(=O)Cc2cccs2)cc1C. The second-order valence-electron chi connectivity index (χ2n) is 4.57. The molecule has 0 atom stereocenters. The van der Waals surface area contributed by atoms with Crippen molar-refractivity contribution in [1.29, 1.82) is 0 Å². The first-order valence-corrected chi connectivity index (χ1v) is 7.58. The predicted octanol–water partition coefficient (Wildman–Crippen LogP) is 3.31. The molecule has 2 aromatic rings. The number of carbonyl (C=O) groups is 1. The average Bonchev–Trinajstić information content (AvgIpc) is 2.92. The molecule has 1 amide bonds. The number of thiophene rings is 1. The average molecular weight is 289 g/mol. The molecule has 4 heteroatoms. The summed E-state index contributed by atoms with van der Waals surface area (Å²) in [7, 11) is 0. The molecule has 2 rings (SSSR count). The molecule has 0 saturated heterocycles. The van der Waals surface area contributed by atoms with Gasteiger partial charge in [-0.15, -0.1) is 11.3 Å². The molecule has 1 heterocycles. The molecule has 0 spiro atoms. The molecule has 1 aromatic heterocycles. The van der Waals surface area contributed by atoms with Crippen LogP contribution in [0.1, 0.15) is 22.9 Å². The fraction of sp³-hybridized carbons (Fsp3) is 0.312. The molecule has 0 saturated carbocycles. The summed E-state index contributed by atoms with van der Waals surface area (Å²) in [6.07, 6.45) is 0.452. The number of amides is 1. The Bertz CT molecular complexity index is 564. The minimum Gasteiger partial charge on any atom is -0.494 e. The first-order chi connectivity index (χ1) is 9.69. The van der Waals surface area contributed by atoms with Crippen molar-refractivity contribution in [3.05, 3.63) is 51.7 Å². The van der Waals surface area contributed by atoms with E-state index in [2.05, 4.69) is 11.4 Å². The van der Waals surface area contributed by atoms with Gasteiger partial charge in [0, 0.05) is 11.4 Å². The number of rotatable bonds is 6. The first kappa shape index (κ1) is 14.6. The lowest BCUT2D eigenvalue weighted by molar-refractivity contribution is -0.120. The summed E-state index contributed by atoms with van der Waals surface area (Å²) in [4.78, 5) is 12.9. The number of ether oxygens (including phenoxy) is 1. The third kappa shape index (κ3) is 4.10. The smallest absolute Gasteiger partial charge is 0.225 e. The van der Waals surface area contributed by atoms with Gasteiger partial charge in [-0.3, -0.25) is 4.79 Å². The molecule has 0 unspecified atom stereocenters. The Labute approximate surface area is 123 Å². The van der Waals surface area contributed by atoms with Crippen LogP contribution in [0.4, 0.5) is 0 Å². The van der Waals surface area contributed by atoms with E-state index in [-0.39, 0.29) is 5.91 Å². The van der Waals surface area contributed by atoms with Crippen molar-refractivity contribution >= 4 is 17.2 Å². The molecule has 0 radical (unpaired) electrons. The maximum atomic E-state index is 11.8. The van der Waals surface area contributed by atoms with Crippen molar-refractivity contribution < 1.29 is 9.53 Å². The normalized spacial score (nSPS) is 10.3. The minimum atomic E-state index is 0.0546. The van der Waals surface area contributed by atoms with Gasteiger partial charge < -0.3 is 10.1 Å². The molecule has 0 aliphatic heterocycles. The molecule has 0 aliphatic rings. The van der Waals surface area contributed by atoms with Crippen molar-refractivity contribution in [2.24, 2.45) is 0 Å². The van der Waals surface area contributed by atoms with Crippen molar-refractivity contribution in [2.75, 3.05) is 6.61 Å². The van der Waals surface area contributed by atoms with Crippen LogP contribution in [0.2, 0.25) is 0 Å². The van der Waals surface area contributed by atoms with E-state index in [0.29, 0.717) is 19.6 Å². The van der Waals surface area contributed by atoms with E-state index in [4.69, 9.17) is 4.74 Å².